The second kappa shape index (κ2) is 3.73. The number of benzene rings is 1. The van der Waals surface area contributed by atoms with Gasteiger partial charge in [0.05, 0.1) is 22.6 Å². The highest BCUT2D eigenvalue weighted by Gasteiger charge is 2.28. The molecule has 76 valence electrons. The van der Waals surface area contributed by atoms with Gasteiger partial charge in [-0.25, -0.2) is 0 Å². The number of para-hydroxylation sites is 1. The van der Waals surface area contributed by atoms with Crippen molar-refractivity contribution in [1.29, 1.82) is 0 Å². The number of aliphatic hydroxyl groups excluding tert-OH is 1. The van der Waals surface area contributed by atoms with Crippen molar-refractivity contribution in [1.82, 2.24) is 0 Å². The summed E-state index contributed by atoms with van der Waals surface area (Å²) in [4.78, 5) is 10.1. The Bertz CT molecular complexity index is 350. The van der Waals surface area contributed by atoms with Crippen molar-refractivity contribution in [2.24, 2.45) is 5.73 Å². The number of hydrogen-bond donors (Lipinski definition) is 2. The Morgan fingerprint density at radius 3 is 2.64 bits per heavy atom. The first kappa shape index (κ1) is 10.6. The van der Waals surface area contributed by atoms with Gasteiger partial charge >= 0.3 is 0 Å². The Morgan fingerprint density at radius 1 is 1.57 bits per heavy atom. The summed E-state index contributed by atoms with van der Waals surface area (Å²) in [5.74, 6) is 0. The lowest BCUT2D eigenvalue weighted by Crippen LogP contribution is -2.37. The van der Waals surface area contributed by atoms with Crippen molar-refractivity contribution < 1.29 is 10.0 Å². The molecule has 0 radical (unpaired) electrons. The standard InChI is InChI=1S/C9H12N2O3/c1-9(10,6-12)7-4-2-3-5-8(7)11(13)14/h2-5,12H,6,10H2,1H3. The van der Waals surface area contributed by atoms with Crippen LogP contribution in [0, 0.1) is 10.1 Å². The molecule has 0 aliphatic rings. The Kier molecular flexibility index (Phi) is 2.83. The molecule has 0 aliphatic heterocycles. The molecule has 3 N–H and O–H groups in total. The second-order valence-corrected chi connectivity index (χ2v) is 3.35. The van der Waals surface area contributed by atoms with E-state index in [2.05, 4.69) is 0 Å². The van der Waals surface area contributed by atoms with Gasteiger partial charge in [-0.15, -0.1) is 0 Å². The zero-order chi connectivity index (χ0) is 10.8. The summed E-state index contributed by atoms with van der Waals surface area (Å²) in [7, 11) is 0. The average Bonchev–Trinajstić information content (AvgIpc) is 2.18. The molecule has 0 amide bonds. The predicted molar refractivity (Wildman–Crippen MR) is 51.7 cm³/mol. The minimum atomic E-state index is -1.08. The molecule has 5 heteroatoms. The van der Waals surface area contributed by atoms with Crippen LogP contribution in [0.25, 0.3) is 0 Å². The van der Waals surface area contributed by atoms with E-state index in [-0.39, 0.29) is 12.3 Å². The van der Waals surface area contributed by atoms with E-state index in [9.17, 15) is 10.1 Å². The zero-order valence-corrected chi connectivity index (χ0v) is 7.80. The average molecular weight is 196 g/mol. The molecule has 1 unspecified atom stereocenters. The third-order valence-electron chi connectivity index (χ3n) is 2.04. The van der Waals surface area contributed by atoms with Crippen LogP contribution in [0.2, 0.25) is 0 Å². The van der Waals surface area contributed by atoms with Crippen LogP contribution in [-0.2, 0) is 5.54 Å². The van der Waals surface area contributed by atoms with Crippen molar-refractivity contribution in [3.63, 3.8) is 0 Å². The van der Waals surface area contributed by atoms with E-state index in [0.29, 0.717) is 5.56 Å². The largest absolute Gasteiger partial charge is 0.394 e. The van der Waals surface area contributed by atoms with E-state index in [1.165, 1.54) is 6.07 Å². The van der Waals surface area contributed by atoms with Gasteiger partial charge < -0.3 is 10.8 Å². The molecule has 1 aromatic carbocycles. The van der Waals surface area contributed by atoms with Crippen LogP contribution in [-0.4, -0.2) is 16.6 Å². The maximum Gasteiger partial charge on any atom is 0.274 e. The molecule has 14 heavy (non-hydrogen) atoms. The fourth-order valence-electron chi connectivity index (χ4n) is 1.20. The van der Waals surface area contributed by atoms with Crippen molar-refractivity contribution in [2.75, 3.05) is 6.61 Å². The van der Waals surface area contributed by atoms with Gasteiger partial charge in [-0.3, -0.25) is 10.1 Å². The predicted octanol–water partition coefficient (Wildman–Crippen LogP) is 0.761. The van der Waals surface area contributed by atoms with Gasteiger partial charge in [0.15, 0.2) is 0 Å². The van der Waals surface area contributed by atoms with E-state index in [4.69, 9.17) is 10.8 Å². The number of nitro groups is 1. The van der Waals surface area contributed by atoms with E-state index in [0.717, 1.165) is 0 Å². The van der Waals surface area contributed by atoms with Crippen LogP contribution in [0.4, 0.5) is 5.69 Å². The Morgan fingerprint density at radius 2 is 2.14 bits per heavy atom. The van der Waals surface area contributed by atoms with Crippen LogP contribution in [0.5, 0.6) is 0 Å². The van der Waals surface area contributed by atoms with Crippen molar-refractivity contribution in [3.05, 3.63) is 39.9 Å². The smallest absolute Gasteiger partial charge is 0.274 e. The number of rotatable bonds is 3. The molecule has 1 aromatic rings. The molecule has 0 spiro atoms. The molecule has 0 heterocycles. The highest BCUT2D eigenvalue weighted by molar-refractivity contribution is 5.44. The molecule has 1 rings (SSSR count). The Hall–Kier alpha value is -1.46. The fraction of sp³-hybridized carbons (Fsp3) is 0.333. The topological polar surface area (TPSA) is 89.4 Å². The monoisotopic (exact) mass is 196 g/mol. The number of nitro benzene ring substituents is 1. The van der Waals surface area contributed by atoms with Gasteiger partial charge in [0.25, 0.3) is 5.69 Å². The first-order valence-electron chi connectivity index (χ1n) is 4.12. The second-order valence-electron chi connectivity index (χ2n) is 3.35. The highest BCUT2D eigenvalue weighted by Crippen LogP contribution is 2.26. The lowest BCUT2D eigenvalue weighted by Gasteiger charge is -2.21. The van der Waals surface area contributed by atoms with Crippen LogP contribution in [0.1, 0.15) is 12.5 Å². The van der Waals surface area contributed by atoms with Gasteiger partial charge in [-0.2, -0.15) is 0 Å². The zero-order valence-electron chi connectivity index (χ0n) is 7.80. The first-order chi connectivity index (χ1) is 6.49. The van der Waals surface area contributed by atoms with Gasteiger partial charge in [-0.05, 0) is 6.92 Å². The molecule has 0 fully saturated rings. The molecular weight excluding hydrogens is 184 g/mol. The quantitative estimate of drug-likeness (QED) is 0.551. The van der Waals surface area contributed by atoms with Crippen LogP contribution < -0.4 is 5.73 Å². The first-order valence-corrected chi connectivity index (χ1v) is 4.12. The van der Waals surface area contributed by atoms with E-state index in [1.54, 1.807) is 25.1 Å². The van der Waals surface area contributed by atoms with Gasteiger partial charge in [-0.1, -0.05) is 18.2 Å². The molecule has 1 atom stereocenters. The Labute approximate surface area is 81.3 Å². The number of aliphatic hydroxyl groups is 1. The minimum Gasteiger partial charge on any atom is -0.394 e. The van der Waals surface area contributed by atoms with Crippen LogP contribution in [0.15, 0.2) is 24.3 Å². The summed E-state index contributed by atoms with van der Waals surface area (Å²) in [6.07, 6.45) is 0. The van der Waals surface area contributed by atoms with Crippen molar-refractivity contribution in [3.8, 4) is 0 Å². The number of nitrogens with two attached hydrogens (primary N) is 1. The third kappa shape index (κ3) is 1.89. The molecule has 0 aliphatic carbocycles. The molecule has 0 bridgehead atoms. The van der Waals surface area contributed by atoms with E-state index in [1.807, 2.05) is 0 Å². The van der Waals surface area contributed by atoms with Gasteiger partial charge in [0.2, 0.25) is 0 Å². The fourth-order valence-corrected chi connectivity index (χ4v) is 1.20. The minimum absolute atomic E-state index is 0.0634. The number of nitrogens with zero attached hydrogens (tertiary/aromatic N) is 1. The van der Waals surface area contributed by atoms with E-state index >= 15 is 0 Å². The molecule has 0 saturated carbocycles. The summed E-state index contributed by atoms with van der Waals surface area (Å²) in [5, 5.41) is 19.7. The third-order valence-corrected chi connectivity index (χ3v) is 2.04. The van der Waals surface area contributed by atoms with Crippen molar-refractivity contribution in [2.45, 2.75) is 12.5 Å². The van der Waals surface area contributed by atoms with Crippen LogP contribution >= 0.6 is 0 Å². The summed E-state index contributed by atoms with van der Waals surface area (Å²) >= 11 is 0. The lowest BCUT2D eigenvalue weighted by molar-refractivity contribution is -0.386. The number of hydrogen-bond acceptors (Lipinski definition) is 4. The molecule has 0 aromatic heterocycles. The van der Waals surface area contributed by atoms with Crippen molar-refractivity contribution >= 4 is 5.69 Å². The maximum absolute atomic E-state index is 10.7. The van der Waals surface area contributed by atoms with E-state index < -0.39 is 10.5 Å². The SMILES string of the molecule is CC(N)(CO)c1ccccc1[N+](=O)[O-]. The summed E-state index contributed by atoms with van der Waals surface area (Å²) in [6, 6.07) is 6.14. The van der Waals surface area contributed by atoms with Gasteiger partial charge in [0, 0.05) is 6.07 Å². The lowest BCUT2D eigenvalue weighted by atomic mass is 9.93. The molecule has 5 nitrogen and oxygen atoms in total. The molecular formula is C9H12N2O3. The van der Waals surface area contributed by atoms with Crippen LogP contribution in [0.3, 0.4) is 0 Å². The molecule has 0 saturated heterocycles. The normalized spacial score (nSPS) is 14.8. The van der Waals surface area contributed by atoms with Gasteiger partial charge in [0.1, 0.15) is 0 Å². The Balaban J connectivity index is 3.27. The summed E-state index contributed by atoms with van der Waals surface area (Å²) in [5.41, 5.74) is 4.92. The maximum atomic E-state index is 10.7. The summed E-state index contributed by atoms with van der Waals surface area (Å²) in [6.45, 7) is 1.22. The highest BCUT2D eigenvalue weighted by atomic mass is 16.6. The summed E-state index contributed by atoms with van der Waals surface area (Å²) < 4.78 is 0.